The number of ether oxygens (including phenoxy) is 1. The molecule has 0 aliphatic heterocycles. The fraction of sp³-hybridized carbons (Fsp3) is 0.455. The Balaban J connectivity index is 2.33. The SMILES string of the molecule is COc1ccc2[nH]c(=S)n(C3(C)CC3)c2n1. The second-order valence-electron chi connectivity index (χ2n) is 4.49. The summed E-state index contributed by atoms with van der Waals surface area (Å²) in [5.41, 5.74) is 2.01. The number of rotatable bonds is 2. The highest BCUT2D eigenvalue weighted by atomic mass is 32.1. The van der Waals surface area contributed by atoms with Crippen molar-refractivity contribution in [1.82, 2.24) is 14.5 Å². The molecule has 84 valence electrons. The first-order valence-corrected chi connectivity index (χ1v) is 5.71. The maximum atomic E-state index is 5.35. The summed E-state index contributed by atoms with van der Waals surface area (Å²) >= 11 is 5.35. The summed E-state index contributed by atoms with van der Waals surface area (Å²) in [6.07, 6.45) is 2.32. The van der Waals surface area contributed by atoms with Crippen molar-refractivity contribution in [3.8, 4) is 5.88 Å². The summed E-state index contributed by atoms with van der Waals surface area (Å²) in [6.45, 7) is 2.21. The van der Waals surface area contributed by atoms with Crippen LogP contribution in [-0.4, -0.2) is 21.6 Å². The molecule has 2 aromatic rings. The van der Waals surface area contributed by atoms with Crippen molar-refractivity contribution in [3.05, 3.63) is 16.9 Å². The van der Waals surface area contributed by atoms with E-state index in [-0.39, 0.29) is 5.54 Å². The lowest BCUT2D eigenvalue weighted by Gasteiger charge is -2.11. The van der Waals surface area contributed by atoms with Crippen LogP contribution in [-0.2, 0) is 5.54 Å². The molecule has 0 atom stereocenters. The molecule has 1 fully saturated rings. The van der Waals surface area contributed by atoms with Gasteiger partial charge in [0.25, 0.3) is 0 Å². The van der Waals surface area contributed by atoms with Gasteiger partial charge in [0, 0.05) is 11.6 Å². The van der Waals surface area contributed by atoms with Gasteiger partial charge in [0.2, 0.25) is 5.88 Å². The first kappa shape index (κ1) is 9.84. The number of methoxy groups -OCH3 is 1. The molecule has 1 saturated carbocycles. The molecule has 4 nitrogen and oxygen atoms in total. The van der Waals surface area contributed by atoms with Crippen LogP contribution >= 0.6 is 12.2 Å². The number of fused-ring (bicyclic) bond motifs is 1. The van der Waals surface area contributed by atoms with E-state index in [1.165, 1.54) is 0 Å². The summed E-state index contributed by atoms with van der Waals surface area (Å²) in [4.78, 5) is 7.65. The second kappa shape index (κ2) is 3.07. The minimum Gasteiger partial charge on any atom is -0.481 e. The summed E-state index contributed by atoms with van der Waals surface area (Å²) in [7, 11) is 1.62. The van der Waals surface area contributed by atoms with Crippen molar-refractivity contribution < 1.29 is 4.74 Å². The Hall–Kier alpha value is -1.36. The van der Waals surface area contributed by atoms with Gasteiger partial charge in [-0.2, -0.15) is 4.98 Å². The van der Waals surface area contributed by atoms with E-state index in [9.17, 15) is 0 Å². The molecule has 1 aliphatic rings. The molecule has 1 N–H and O–H groups in total. The highest BCUT2D eigenvalue weighted by Gasteiger charge is 2.41. The van der Waals surface area contributed by atoms with E-state index in [1.807, 2.05) is 12.1 Å². The van der Waals surface area contributed by atoms with Crippen molar-refractivity contribution in [1.29, 1.82) is 0 Å². The molecule has 5 heteroatoms. The summed E-state index contributed by atoms with van der Waals surface area (Å²) in [5.74, 6) is 0.625. The van der Waals surface area contributed by atoms with Gasteiger partial charge >= 0.3 is 0 Å². The van der Waals surface area contributed by atoms with E-state index < -0.39 is 0 Å². The predicted octanol–water partition coefficient (Wildman–Crippen LogP) is 2.61. The number of aromatic amines is 1. The molecule has 3 rings (SSSR count). The van der Waals surface area contributed by atoms with Crippen molar-refractivity contribution in [2.24, 2.45) is 0 Å². The summed E-state index contributed by atoms with van der Waals surface area (Å²) in [5, 5.41) is 0. The van der Waals surface area contributed by atoms with Gasteiger partial charge in [0.15, 0.2) is 10.4 Å². The third-order valence-electron chi connectivity index (χ3n) is 3.23. The Labute approximate surface area is 98.3 Å². The zero-order valence-electron chi connectivity index (χ0n) is 9.28. The smallest absolute Gasteiger partial charge is 0.215 e. The van der Waals surface area contributed by atoms with Crippen LogP contribution in [0.15, 0.2) is 12.1 Å². The molecule has 0 radical (unpaired) electrons. The Morgan fingerprint density at radius 2 is 2.25 bits per heavy atom. The van der Waals surface area contributed by atoms with Crippen LogP contribution in [0.25, 0.3) is 11.2 Å². The normalized spacial score (nSPS) is 17.6. The number of aromatic nitrogens is 3. The third-order valence-corrected chi connectivity index (χ3v) is 3.51. The van der Waals surface area contributed by atoms with Gasteiger partial charge in [0.1, 0.15) is 0 Å². The number of hydrogen-bond acceptors (Lipinski definition) is 3. The molecule has 0 spiro atoms. The van der Waals surface area contributed by atoms with Gasteiger partial charge in [-0.1, -0.05) is 0 Å². The Morgan fingerprint density at radius 3 is 2.88 bits per heavy atom. The minimum atomic E-state index is 0.148. The minimum absolute atomic E-state index is 0.148. The van der Waals surface area contributed by atoms with Crippen LogP contribution in [0.5, 0.6) is 5.88 Å². The standard InChI is InChI=1S/C11H13N3OS/c1-11(5-6-11)14-9-7(12-10(14)16)3-4-8(13-9)15-2/h3-4H,5-6H2,1-2H3,(H,12,16). The van der Waals surface area contributed by atoms with Crippen molar-refractivity contribution in [2.75, 3.05) is 7.11 Å². The van der Waals surface area contributed by atoms with E-state index in [4.69, 9.17) is 17.0 Å². The summed E-state index contributed by atoms with van der Waals surface area (Å²) in [6, 6.07) is 3.80. The van der Waals surface area contributed by atoms with E-state index in [0.29, 0.717) is 5.88 Å². The highest BCUT2D eigenvalue weighted by molar-refractivity contribution is 7.71. The summed E-state index contributed by atoms with van der Waals surface area (Å²) < 4.78 is 8.00. The zero-order chi connectivity index (χ0) is 11.3. The maximum Gasteiger partial charge on any atom is 0.215 e. The van der Waals surface area contributed by atoms with Gasteiger partial charge in [-0.05, 0) is 38.0 Å². The number of nitrogens with one attached hydrogen (secondary N) is 1. The lowest BCUT2D eigenvalue weighted by atomic mass is 10.3. The lowest BCUT2D eigenvalue weighted by Crippen LogP contribution is -2.12. The predicted molar refractivity (Wildman–Crippen MR) is 64.4 cm³/mol. The molecule has 2 aromatic heterocycles. The van der Waals surface area contributed by atoms with Gasteiger partial charge in [-0.25, -0.2) is 0 Å². The second-order valence-corrected chi connectivity index (χ2v) is 4.87. The average molecular weight is 235 g/mol. The average Bonchev–Trinajstić information content (AvgIpc) is 2.90. The van der Waals surface area contributed by atoms with Crippen LogP contribution in [0, 0.1) is 4.77 Å². The van der Waals surface area contributed by atoms with Gasteiger partial charge in [0.05, 0.1) is 12.6 Å². The monoisotopic (exact) mass is 235 g/mol. The lowest BCUT2D eigenvalue weighted by molar-refractivity contribution is 0.398. The van der Waals surface area contributed by atoms with E-state index in [0.717, 1.165) is 28.8 Å². The first-order valence-electron chi connectivity index (χ1n) is 5.30. The molecular weight excluding hydrogens is 222 g/mol. The van der Waals surface area contributed by atoms with E-state index in [2.05, 4.69) is 21.5 Å². The topological polar surface area (TPSA) is 42.8 Å². The highest BCUT2D eigenvalue weighted by Crippen LogP contribution is 2.44. The number of H-pyrrole nitrogens is 1. The molecule has 16 heavy (non-hydrogen) atoms. The fourth-order valence-electron chi connectivity index (χ4n) is 1.99. The number of imidazole rings is 1. The Bertz CT molecular complexity index is 609. The Kier molecular flexibility index (Phi) is 1.89. The number of pyridine rings is 1. The fourth-order valence-corrected chi connectivity index (χ4v) is 2.40. The number of nitrogens with zero attached hydrogens (tertiary/aromatic N) is 2. The van der Waals surface area contributed by atoms with E-state index >= 15 is 0 Å². The molecular formula is C11H13N3OS. The largest absolute Gasteiger partial charge is 0.481 e. The quantitative estimate of drug-likeness (QED) is 0.814. The van der Waals surface area contributed by atoms with E-state index in [1.54, 1.807) is 7.11 Å². The van der Waals surface area contributed by atoms with Crippen LogP contribution in [0.2, 0.25) is 0 Å². The zero-order valence-corrected chi connectivity index (χ0v) is 10.1. The van der Waals surface area contributed by atoms with Crippen LogP contribution in [0.4, 0.5) is 0 Å². The molecule has 0 unspecified atom stereocenters. The molecule has 0 bridgehead atoms. The van der Waals surface area contributed by atoms with Gasteiger partial charge < -0.3 is 9.72 Å². The van der Waals surface area contributed by atoms with Crippen molar-refractivity contribution in [3.63, 3.8) is 0 Å². The molecule has 0 aromatic carbocycles. The third kappa shape index (κ3) is 1.28. The first-order chi connectivity index (χ1) is 7.64. The Morgan fingerprint density at radius 1 is 1.50 bits per heavy atom. The molecule has 0 amide bonds. The van der Waals surface area contributed by atoms with Crippen molar-refractivity contribution >= 4 is 23.4 Å². The van der Waals surface area contributed by atoms with Crippen LogP contribution < -0.4 is 4.74 Å². The molecule has 0 saturated heterocycles. The van der Waals surface area contributed by atoms with Crippen molar-refractivity contribution in [2.45, 2.75) is 25.3 Å². The molecule has 1 aliphatic carbocycles. The van der Waals surface area contributed by atoms with Crippen LogP contribution in [0.3, 0.4) is 0 Å². The number of hydrogen-bond donors (Lipinski definition) is 1. The molecule has 2 heterocycles. The maximum absolute atomic E-state index is 5.35. The van der Waals surface area contributed by atoms with Gasteiger partial charge in [-0.3, -0.25) is 4.57 Å². The van der Waals surface area contributed by atoms with Crippen LogP contribution in [0.1, 0.15) is 19.8 Å². The van der Waals surface area contributed by atoms with Gasteiger partial charge in [-0.15, -0.1) is 0 Å².